The summed E-state index contributed by atoms with van der Waals surface area (Å²) in [6.07, 6.45) is 0.984. The van der Waals surface area contributed by atoms with E-state index in [0.717, 1.165) is 42.8 Å². The molecule has 1 unspecified atom stereocenters. The molecule has 0 spiro atoms. The van der Waals surface area contributed by atoms with Crippen LogP contribution in [-0.4, -0.2) is 52.2 Å². The Labute approximate surface area is 177 Å². The number of nitrogens with one attached hydrogen (secondary N) is 1. The number of nitrogens with zero attached hydrogens (tertiary/aromatic N) is 4. The predicted molar refractivity (Wildman–Crippen MR) is 118 cm³/mol. The Hall–Kier alpha value is -2.06. The van der Waals surface area contributed by atoms with Crippen LogP contribution in [0.15, 0.2) is 29.4 Å². The van der Waals surface area contributed by atoms with Gasteiger partial charge in [-0.25, -0.2) is 0 Å². The Balaban J connectivity index is 1.70. The standard InChI is InChI=1S/C21H31N5O2S/c1-5-17-6-8-18(9-7-17)22-19(27)16(4)29-21-24-23-20(26(21)14-15(2)3)25-10-12-28-13-11-25/h6-9,15-16H,5,10-14H2,1-4H3,(H,22,27). The van der Waals surface area contributed by atoms with Crippen LogP contribution in [0.3, 0.4) is 0 Å². The molecular weight excluding hydrogens is 386 g/mol. The summed E-state index contributed by atoms with van der Waals surface area (Å²) < 4.78 is 7.60. The van der Waals surface area contributed by atoms with Gasteiger partial charge in [-0.2, -0.15) is 0 Å². The van der Waals surface area contributed by atoms with E-state index in [0.29, 0.717) is 19.1 Å². The summed E-state index contributed by atoms with van der Waals surface area (Å²) in [4.78, 5) is 14.9. The summed E-state index contributed by atoms with van der Waals surface area (Å²) in [6, 6.07) is 7.99. The van der Waals surface area contributed by atoms with Crippen LogP contribution in [0.5, 0.6) is 0 Å². The summed E-state index contributed by atoms with van der Waals surface area (Å²) in [5, 5.41) is 12.3. The number of hydrogen-bond donors (Lipinski definition) is 1. The summed E-state index contributed by atoms with van der Waals surface area (Å²) in [6.45, 7) is 12.2. The highest BCUT2D eigenvalue weighted by Gasteiger charge is 2.24. The smallest absolute Gasteiger partial charge is 0.237 e. The first-order valence-electron chi connectivity index (χ1n) is 10.3. The first kappa shape index (κ1) is 21.6. The van der Waals surface area contributed by atoms with Crippen LogP contribution in [0.25, 0.3) is 0 Å². The number of benzene rings is 1. The number of anilines is 2. The lowest BCUT2D eigenvalue weighted by Gasteiger charge is -2.28. The van der Waals surface area contributed by atoms with Gasteiger partial charge in [0.05, 0.1) is 18.5 Å². The van der Waals surface area contributed by atoms with Crippen LogP contribution in [0, 0.1) is 5.92 Å². The lowest BCUT2D eigenvalue weighted by molar-refractivity contribution is -0.115. The van der Waals surface area contributed by atoms with Crippen molar-refractivity contribution in [2.45, 2.75) is 51.1 Å². The second-order valence-electron chi connectivity index (χ2n) is 7.69. The second kappa shape index (κ2) is 10.1. The number of aryl methyl sites for hydroxylation is 1. The third-order valence-corrected chi connectivity index (χ3v) is 5.90. The first-order chi connectivity index (χ1) is 14.0. The van der Waals surface area contributed by atoms with Crippen LogP contribution >= 0.6 is 11.8 Å². The summed E-state index contributed by atoms with van der Waals surface area (Å²) in [5.74, 6) is 1.28. The lowest BCUT2D eigenvalue weighted by Crippen LogP contribution is -2.38. The van der Waals surface area contributed by atoms with E-state index in [4.69, 9.17) is 4.74 Å². The fourth-order valence-corrected chi connectivity index (χ4v) is 4.02. The predicted octanol–water partition coefficient (Wildman–Crippen LogP) is 3.45. The van der Waals surface area contributed by atoms with E-state index in [1.807, 2.05) is 31.2 Å². The van der Waals surface area contributed by atoms with Gasteiger partial charge in [0.2, 0.25) is 11.9 Å². The molecule has 29 heavy (non-hydrogen) atoms. The van der Waals surface area contributed by atoms with Gasteiger partial charge >= 0.3 is 0 Å². The van der Waals surface area contributed by atoms with Gasteiger partial charge in [-0.15, -0.1) is 10.2 Å². The Morgan fingerprint density at radius 2 is 1.86 bits per heavy atom. The molecule has 0 bridgehead atoms. The number of carbonyl (C=O) groups is 1. The van der Waals surface area contributed by atoms with E-state index in [-0.39, 0.29) is 11.2 Å². The van der Waals surface area contributed by atoms with Gasteiger partial charge in [-0.1, -0.05) is 44.7 Å². The van der Waals surface area contributed by atoms with Crippen LogP contribution in [-0.2, 0) is 22.5 Å². The minimum Gasteiger partial charge on any atom is -0.378 e. The maximum absolute atomic E-state index is 12.7. The van der Waals surface area contributed by atoms with Crippen molar-refractivity contribution in [3.8, 4) is 0 Å². The van der Waals surface area contributed by atoms with Gasteiger partial charge in [0, 0.05) is 25.3 Å². The highest BCUT2D eigenvalue weighted by molar-refractivity contribution is 8.00. The van der Waals surface area contributed by atoms with Crippen molar-refractivity contribution >= 4 is 29.3 Å². The highest BCUT2D eigenvalue weighted by Crippen LogP contribution is 2.28. The third kappa shape index (κ3) is 5.73. The Morgan fingerprint density at radius 3 is 2.48 bits per heavy atom. The van der Waals surface area contributed by atoms with E-state index in [1.54, 1.807) is 0 Å². The topological polar surface area (TPSA) is 72.3 Å². The van der Waals surface area contributed by atoms with E-state index >= 15 is 0 Å². The summed E-state index contributed by atoms with van der Waals surface area (Å²) >= 11 is 1.45. The lowest BCUT2D eigenvalue weighted by atomic mass is 10.1. The molecule has 3 rings (SSSR count). The average Bonchev–Trinajstić information content (AvgIpc) is 3.10. The molecule has 1 N–H and O–H groups in total. The Morgan fingerprint density at radius 1 is 1.17 bits per heavy atom. The molecule has 7 nitrogen and oxygen atoms in total. The van der Waals surface area contributed by atoms with Gasteiger partial charge in [0.1, 0.15) is 0 Å². The van der Waals surface area contributed by atoms with Crippen molar-refractivity contribution in [3.63, 3.8) is 0 Å². The zero-order valence-electron chi connectivity index (χ0n) is 17.7. The number of hydrogen-bond acceptors (Lipinski definition) is 6. The minimum atomic E-state index is -0.284. The molecule has 1 atom stereocenters. The number of amides is 1. The van der Waals surface area contributed by atoms with Crippen LogP contribution in [0.4, 0.5) is 11.6 Å². The van der Waals surface area contributed by atoms with E-state index in [2.05, 4.69) is 45.8 Å². The van der Waals surface area contributed by atoms with Crippen molar-refractivity contribution in [1.29, 1.82) is 0 Å². The molecular formula is C21H31N5O2S. The highest BCUT2D eigenvalue weighted by atomic mass is 32.2. The largest absolute Gasteiger partial charge is 0.378 e. The molecule has 0 radical (unpaired) electrons. The maximum atomic E-state index is 12.7. The molecule has 158 valence electrons. The maximum Gasteiger partial charge on any atom is 0.237 e. The molecule has 1 aromatic carbocycles. The number of morpholine rings is 1. The quantitative estimate of drug-likeness (QED) is 0.663. The van der Waals surface area contributed by atoms with Crippen molar-refractivity contribution in [2.75, 3.05) is 36.5 Å². The number of rotatable bonds is 8. The van der Waals surface area contributed by atoms with Crippen molar-refractivity contribution in [2.24, 2.45) is 5.92 Å². The Bertz CT molecular complexity index is 800. The zero-order chi connectivity index (χ0) is 20.8. The SMILES string of the molecule is CCc1ccc(NC(=O)C(C)Sc2nnc(N3CCOCC3)n2CC(C)C)cc1. The van der Waals surface area contributed by atoms with Gasteiger partial charge in [0.25, 0.3) is 0 Å². The van der Waals surface area contributed by atoms with Crippen LogP contribution in [0.1, 0.15) is 33.3 Å². The monoisotopic (exact) mass is 417 g/mol. The second-order valence-corrected chi connectivity index (χ2v) is 8.99. The first-order valence-corrected chi connectivity index (χ1v) is 11.2. The molecule has 1 aliphatic rings. The molecule has 1 amide bonds. The average molecular weight is 418 g/mol. The third-order valence-electron chi connectivity index (χ3n) is 4.82. The molecule has 2 heterocycles. The van der Waals surface area contributed by atoms with E-state index < -0.39 is 0 Å². The number of ether oxygens (including phenoxy) is 1. The molecule has 0 aliphatic carbocycles. The van der Waals surface area contributed by atoms with Gasteiger partial charge < -0.3 is 15.0 Å². The number of thioether (sulfide) groups is 1. The fraction of sp³-hybridized carbons (Fsp3) is 0.571. The number of carbonyl (C=O) groups excluding carboxylic acids is 1. The molecule has 8 heteroatoms. The minimum absolute atomic E-state index is 0.0359. The van der Waals surface area contributed by atoms with Crippen LogP contribution in [0.2, 0.25) is 0 Å². The molecule has 0 saturated carbocycles. The van der Waals surface area contributed by atoms with Gasteiger partial charge in [0.15, 0.2) is 5.16 Å². The van der Waals surface area contributed by atoms with Crippen molar-refractivity contribution < 1.29 is 9.53 Å². The molecule has 1 aromatic heterocycles. The van der Waals surface area contributed by atoms with Crippen LogP contribution < -0.4 is 10.2 Å². The van der Waals surface area contributed by atoms with Crippen molar-refractivity contribution in [3.05, 3.63) is 29.8 Å². The van der Waals surface area contributed by atoms with E-state index in [1.165, 1.54) is 17.3 Å². The Kier molecular flexibility index (Phi) is 7.55. The molecule has 2 aromatic rings. The normalized spacial score (nSPS) is 15.6. The van der Waals surface area contributed by atoms with Gasteiger partial charge in [-0.05, 0) is 37.0 Å². The molecule has 1 aliphatic heterocycles. The van der Waals surface area contributed by atoms with E-state index in [9.17, 15) is 4.79 Å². The van der Waals surface area contributed by atoms with Gasteiger partial charge in [-0.3, -0.25) is 9.36 Å². The fourth-order valence-electron chi connectivity index (χ4n) is 3.17. The number of aromatic nitrogens is 3. The molecule has 1 fully saturated rings. The summed E-state index contributed by atoms with van der Waals surface area (Å²) in [7, 11) is 0. The summed E-state index contributed by atoms with van der Waals surface area (Å²) in [5.41, 5.74) is 2.07. The molecule has 1 saturated heterocycles. The zero-order valence-corrected chi connectivity index (χ0v) is 18.5. The van der Waals surface area contributed by atoms with Crippen molar-refractivity contribution in [1.82, 2.24) is 14.8 Å².